The van der Waals surface area contributed by atoms with E-state index in [0.29, 0.717) is 17.1 Å². The van der Waals surface area contributed by atoms with Gasteiger partial charge in [-0.2, -0.15) is 5.26 Å². The lowest BCUT2D eigenvalue weighted by Gasteiger charge is -2.30. The minimum atomic E-state index is -0.319. The second kappa shape index (κ2) is 6.54. The number of nitrogens with zero attached hydrogens (tertiary/aromatic N) is 3. The molecule has 0 bridgehead atoms. The van der Waals surface area contributed by atoms with E-state index in [1.807, 2.05) is 43.2 Å². The van der Waals surface area contributed by atoms with Gasteiger partial charge in [0.25, 0.3) is 0 Å². The lowest BCUT2D eigenvalue weighted by atomic mass is 9.94. The number of hydrogen-bond acceptors (Lipinski definition) is 3. The predicted octanol–water partition coefficient (Wildman–Crippen LogP) is 4.32. The Morgan fingerprint density at radius 2 is 2.12 bits per heavy atom. The lowest BCUT2D eigenvalue weighted by molar-refractivity contribution is 0.460. The van der Waals surface area contributed by atoms with Crippen LogP contribution in [0.2, 0.25) is 5.02 Å². The van der Waals surface area contributed by atoms with Gasteiger partial charge in [-0.15, -0.1) is 0 Å². The Bertz CT molecular complexity index is 830. The molecule has 24 heavy (non-hydrogen) atoms. The zero-order valence-corrected chi connectivity index (χ0v) is 14.3. The third-order valence-electron chi connectivity index (χ3n) is 4.18. The van der Waals surface area contributed by atoms with Gasteiger partial charge in [0.05, 0.1) is 11.7 Å². The minimum Gasteiger partial charge on any atom is -0.370 e. The van der Waals surface area contributed by atoms with Gasteiger partial charge in [0.2, 0.25) is 0 Å². The summed E-state index contributed by atoms with van der Waals surface area (Å²) in [4.78, 5) is 3.56. The second-order valence-electron chi connectivity index (χ2n) is 5.86. The van der Waals surface area contributed by atoms with Crippen molar-refractivity contribution >= 4 is 17.3 Å². The zero-order valence-electron chi connectivity index (χ0n) is 13.5. The maximum atomic E-state index is 14.4. The van der Waals surface area contributed by atoms with Crippen LogP contribution in [0.15, 0.2) is 59.8 Å². The molecule has 2 aliphatic heterocycles. The van der Waals surface area contributed by atoms with Crippen molar-refractivity contribution in [2.45, 2.75) is 13.0 Å². The minimum absolute atomic E-state index is 0.0102. The highest BCUT2D eigenvalue weighted by molar-refractivity contribution is 6.30. The first-order valence-electron chi connectivity index (χ1n) is 7.67. The van der Waals surface area contributed by atoms with Gasteiger partial charge in [0.1, 0.15) is 5.82 Å². The molecule has 3 nitrogen and oxygen atoms in total. The van der Waals surface area contributed by atoms with Crippen LogP contribution in [0.25, 0.3) is 5.70 Å². The summed E-state index contributed by atoms with van der Waals surface area (Å²) >= 11 is 6.08. The molecule has 122 valence electrons. The average molecular weight is 342 g/mol. The molecule has 1 atom stereocenters. The number of allylic oxidation sites excluding steroid dienone is 4. The summed E-state index contributed by atoms with van der Waals surface area (Å²) in [5.74, 6) is -0.319. The number of rotatable bonds is 2. The molecule has 0 fully saturated rings. The summed E-state index contributed by atoms with van der Waals surface area (Å²) in [6.07, 6.45) is 11.9. The van der Waals surface area contributed by atoms with Crippen molar-refractivity contribution in [3.8, 4) is 6.19 Å². The average Bonchev–Trinajstić information content (AvgIpc) is 2.57. The van der Waals surface area contributed by atoms with Crippen molar-refractivity contribution in [3.63, 3.8) is 0 Å². The van der Waals surface area contributed by atoms with Gasteiger partial charge in [-0.3, -0.25) is 4.90 Å². The van der Waals surface area contributed by atoms with E-state index in [0.717, 1.165) is 16.8 Å². The summed E-state index contributed by atoms with van der Waals surface area (Å²) in [7, 11) is 1.91. The van der Waals surface area contributed by atoms with E-state index in [1.165, 1.54) is 12.1 Å². The Morgan fingerprint density at radius 1 is 1.33 bits per heavy atom. The highest BCUT2D eigenvalue weighted by Crippen LogP contribution is 2.34. The van der Waals surface area contributed by atoms with Gasteiger partial charge < -0.3 is 4.90 Å². The van der Waals surface area contributed by atoms with Crippen LogP contribution in [-0.2, 0) is 0 Å². The molecule has 2 heterocycles. The summed E-state index contributed by atoms with van der Waals surface area (Å²) in [5, 5.41) is 9.76. The first kappa shape index (κ1) is 16.4. The summed E-state index contributed by atoms with van der Waals surface area (Å²) in [6.45, 7) is 2.63. The van der Waals surface area contributed by atoms with Crippen molar-refractivity contribution in [2.75, 3.05) is 13.6 Å². The molecule has 2 aliphatic rings. The monoisotopic (exact) mass is 341 g/mol. The summed E-state index contributed by atoms with van der Waals surface area (Å²) in [6, 6.07) is 4.57. The van der Waals surface area contributed by atoms with Gasteiger partial charge >= 0.3 is 0 Å². The van der Waals surface area contributed by atoms with Crippen molar-refractivity contribution in [2.24, 2.45) is 0 Å². The Hall–Kier alpha value is -2.51. The Morgan fingerprint density at radius 3 is 2.88 bits per heavy atom. The molecule has 5 heteroatoms. The Balaban J connectivity index is 2.18. The van der Waals surface area contributed by atoms with E-state index in [2.05, 4.69) is 6.19 Å². The maximum Gasteiger partial charge on any atom is 0.184 e. The predicted molar refractivity (Wildman–Crippen MR) is 94.2 cm³/mol. The molecule has 3 rings (SSSR count). The van der Waals surface area contributed by atoms with Crippen molar-refractivity contribution in [1.29, 1.82) is 5.26 Å². The highest BCUT2D eigenvalue weighted by atomic mass is 35.5. The van der Waals surface area contributed by atoms with E-state index in [9.17, 15) is 9.65 Å². The molecule has 0 N–H and O–H groups in total. The van der Waals surface area contributed by atoms with E-state index in [1.54, 1.807) is 17.2 Å². The fraction of sp³-hybridized carbons (Fsp3) is 0.211. The number of benzene rings is 1. The molecule has 0 aliphatic carbocycles. The highest BCUT2D eigenvalue weighted by Gasteiger charge is 2.22. The normalized spacial score (nSPS) is 20.3. The van der Waals surface area contributed by atoms with Gasteiger partial charge in [-0.25, -0.2) is 4.39 Å². The fourth-order valence-electron chi connectivity index (χ4n) is 2.89. The van der Waals surface area contributed by atoms with Crippen LogP contribution >= 0.6 is 11.6 Å². The first-order valence-corrected chi connectivity index (χ1v) is 8.05. The number of likely N-dealkylation sites (N-methyl/N-ethyl adjacent to an activating group) is 1. The van der Waals surface area contributed by atoms with Crippen LogP contribution in [0.1, 0.15) is 12.5 Å². The third kappa shape index (κ3) is 2.95. The van der Waals surface area contributed by atoms with Crippen LogP contribution in [0.3, 0.4) is 0 Å². The van der Waals surface area contributed by atoms with Gasteiger partial charge in [-0.1, -0.05) is 35.9 Å². The molecule has 1 aromatic carbocycles. The Labute approximate surface area is 146 Å². The quantitative estimate of drug-likeness (QED) is 0.751. The summed E-state index contributed by atoms with van der Waals surface area (Å²) < 4.78 is 14.4. The summed E-state index contributed by atoms with van der Waals surface area (Å²) in [5.41, 5.74) is 2.96. The zero-order chi connectivity index (χ0) is 17.3. The molecule has 0 saturated heterocycles. The van der Waals surface area contributed by atoms with Crippen LogP contribution in [0.4, 0.5) is 4.39 Å². The van der Waals surface area contributed by atoms with E-state index in [-0.39, 0.29) is 11.9 Å². The molecular weight excluding hydrogens is 325 g/mol. The maximum absolute atomic E-state index is 14.4. The lowest BCUT2D eigenvalue weighted by Crippen LogP contribution is -2.26. The molecule has 0 aromatic heterocycles. The van der Waals surface area contributed by atoms with Crippen molar-refractivity contribution in [3.05, 3.63) is 76.3 Å². The SMILES string of the molecule is CC1C=CC(C2=C(c3cc(Cl)ccc3F)N(C)CC=C2)=CN1C#N. The first-order chi connectivity index (χ1) is 11.5. The van der Waals surface area contributed by atoms with Crippen LogP contribution in [0, 0.1) is 17.3 Å². The van der Waals surface area contributed by atoms with Crippen molar-refractivity contribution in [1.82, 2.24) is 9.80 Å². The molecule has 1 unspecified atom stereocenters. The van der Waals surface area contributed by atoms with E-state index < -0.39 is 0 Å². The topological polar surface area (TPSA) is 30.3 Å². The van der Waals surface area contributed by atoms with Gasteiger partial charge in [0, 0.05) is 41.5 Å². The second-order valence-corrected chi connectivity index (χ2v) is 6.30. The van der Waals surface area contributed by atoms with Crippen LogP contribution in [0.5, 0.6) is 0 Å². The molecule has 0 spiro atoms. The standard InChI is InChI=1S/C19H17ClFN3/c1-13-5-6-14(11-24(13)12-22)16-4-3-9-23(2)19(16)17-10-15(20)7-8-18(17)21/h3-8,10-11,13H,9H2,1-2H3. The largest absolute Gasteiger partial charge is 0.370 e. The number of halogens is 2. The number of nitriles is 1. The molecule has 0 radical (unpaired) electrons. The van der Waals surface area contributed by atoms with Crippen molar-refractivity contribution < 1.29 is 4.39 Å². The molecule has 1 aromatic rings. The van der Waals surface area contributed by atoms with E-state index in [4.69, 9.17) is 11.6 Å². The van der Waals surface area contributed by atoms with Gasteiger partial charge in [-0.05, 0) is 25.1 Å². The number of hydrogen-bond donors (Lipinski definition) is 0. The van der Waals surface area contributed by atoms with Crippen LogP contribution < -0.4 is 0 Å². The smallest absolute Gasteiger partial charge is 0.184 e. The molecular formula is C19H17ClFN3. The fourth-order valence-corrected chi connectivity index (χ4v) is 3.06. The molecule has 0 saturated carbocycles. The van der Waals surface area contributed by atoms with Crippen LogP contribution in [-0.4, -0.2) is 29.4 Å². The van der Waals surface area contributed by atoms with E-state index >= 15 is 0 Å². The molecule has 0 amide bonds. The van der Waals surface area contributed by atoms with Gasteiger partial charge in [0.15, 0.2) is 6.19 Å². The Kier molecular flexibility index (Phi) is 4.46. The third-order valence-corrected chi connectivity index (χ3v) is 4.42.